The van der Waals surface area contributed by atoms with Crippen LogP contribution in [0.1, 0.15) is 22.9 Å². The van der Waals surface area contributed by atoms with Gasteiger partial charge in [0, 0.05) is 17.3 Å². The molecule has 0 saturated heterocycles. The number of nitrogens with zero attached hydrogens (tertiary/aromatic N) is 1. The van der Waals surface area contributed by atoms with Crippen molar-refractivity contribution in [3.63, 3.8) is 0 Å². The highest BCUT2D eigenvalue weighted by molar-refractivity contribution is 7.16. The fourth-order valence-electron chi connectivity index (χ4n) is 1.19. The minimum atomic E-state index is -0.241. The van der Waals surface area contributed by atoms with Gasteiger partial charge < -0.3 is 11.1 Å². The molecule has 1 unspecified atom stereocenters. The number of aryl methyl sites for hydroxylation is 1. The van der Waals surface area contributed by atoms with Gasteiger partial charge in [0.25, 0.3) is 0 Å². The minimum Gasteiger partial charge on any atom is -0.330 e. The molecule has 16 heavy (non-hydrogen) atoms. The average molecular weight is 237 g/mol. The highest BCUT2D eigenvalue weighted by Crippen LogP contribution is 2.31. The largest absolute Gasteiger partial charge is 0.330 e. The molecule has 1 aromatic heterocycles. The standard InChI is InChI=1S/C11H15N3OS/c1-6(4-12)10(15)14-11-9(5-13)7(2)8(3)16-11/h6H,4,12H2,1-3H3,(H,14,15). The molecule has 0 aromatic carbocycles. The van der Waals surface area contributed by atoms with Gasteiger partial charge in [-0.05, 0) is 19.4 Å². The van der Waals surface area contributed by atoms with Crippen LogP contribution < -0.4 is 11.1 Å². The summed E-state index contributed by atoms with van der Waals surface area (Å²) in [4.78, 5) is 12.7. The maximum atomic E-state index is 11.6. The van der Waals surface area contributed by atoms with E-state index in [4.69, 9.17) is 11.0 Å². The van der Waals surface area contributed by atoms with Gasteiger partial charge in [-0.3, -0.25) is 4.79 Å². The van der Waals surface area contributed by atoms with Crippen LogP contribution in [0.2, 0.25) is 0 Å². The summed E-state index contributed by atoms with van der Waals surface area (Å²) in [6, 6.07) is 2.11. The van der Waals surface area contributed by atoms with Crippen molar-refractivity contribution in [2.45, 2.75) is 20.8 Å². The van der Waals surface area contributed by atoms with Crippen LogP contribution in [-0.4, -0.2) is 12.5 Å². The first-order chi connectivity index (χ1) is 7.51. The Bertz CT molecular complexity index is 445. The molecule has 5 heteroatoms. The molecule has 1 rings (SSSR count). The zero-order valence-electron chi connectivity index (χ0n) is 9.63. The van der Waals surface area contributed by atoms with Crippen molar-refractivity contribution >= 4 is 22.2 Å². The number of carbonyl (C=O) groups excluding carboxylic acids is 1. The summed E-state index contributed by atoms with van der Waals surface area (Å²) in [7, 11) is 0. The lowest BCUT2D eigenvalue weighted by Crippen LogP contribution is -2.26. The maximum absolute atomic E-state index is 11.6. The van der Waals surface area contributed by atoms with Gasteiger partial charge in [-0.15, -0.1) is 11.3 Å². The number of hydrogen-bond acceptors (Lipinski definition) is 4. The van der Waals surface area contributed by atoms with Crippen LogP contribution in [0.5, 0.6) is 0 Å². The molecular weight excluding hydrogens is 222 g/mol. The van der Waals surface area contributed by atoms with Gasteiger partial charge in [-0.2, -0.15) is 5.26 Å². The highest BCUT2D eigenvalue weighted by Gasteiger charge is 2.17. The summed E-state index contributed by atoms with van der Waals surface area (Å²) in [6.07, 6.45) is 0. The van der Waals surface area contributed by atoms with Crippen LogP contribution in [0.25, 0.3) is 0 Å². The van der Waals surface area contributed by atoms with Gasteiger partial charge in [0.05, 0.1) is 5.56 Å². The van der Waals surface area contributed by atoms with Gasteiger partial charge in [0.2, 0.25) is 5.91 Å². The molecule has 0 radical (unpaired) electrons. The van der Waals surface area contributed by atoms with E-state index in [1.54, 1.807) is 6.92 Å². The van der Waals surface area contributed by atoms with Gasteiger partial charge in [0.1, 0.15) is 11.1 Å². The molecule has 86 valence electrons. The second-order valence-electron chi connectivity index (χ2n) is 3.73. The summed E-state index contributed by atoms with van der Waals surface area (Å²) in [5.41, 5.74) is 6.90. The van der Waals surface area contributed by atoms with Gasteiger partial charge >= 0.3 is 0 Å². The predicted octanol–water partition coefficient (Wildman–Crippen LogP) is 1.77. The molecule has 0 bridgehead atoms. The van der Waals surface area contributed by atoms with Gasteiger partial charge in [-0.1, -0.05) is 6.92 Å². The van der Waals surface area contributed by atoms with Crippen LogP contribution in [0.4, 0.5) is 5.00 Å². The number of nitriles is 1. The Morgan fingerprint density at radius 1 is 1.62 bits per heavy atom. The van der Waals surface area contributed by atoms with E-state index in [9.17, 15) is 4.79 Å². The molecule has 0 fully saturated rings. The Morgan fingerprint density at radius 2 is 2.25 bits per heavy atom. The van der Waals surface area contributed by atoms with E-state index < -0.39 is 0 Å². The van der Waals surface area contributed by atoms with E-state index in [2.05, 4.69) is 11.4 Å². The lowest BCUT2D eigenvalue weighted by atomic mass is 10.1. The third kappa shape index (κ3) is 2.40. The normalized spacial score (nSPS) is 11.9. The first-order valence-electron chi connectivity index (χ1n) is 5.02. The quantitative estimate of drug-likeness (QED) is 0.840. The molecule has 0 spiro atoms. The zero-order chi connectivity index (χ0) is 12.3. The topological polar surface area (TPSA) is 78.9 Å². The number of carbonyl (C=O) groups is 1. The van der Waals surface area contributed by atoms with Crippen LogP contribution in [-0.2, 0) is 4.79 Å². The summed E-state index contributed by atoms with van der Waals surface area (Å²) < 4.78 is 0. The van der Waals surface area contributed by atoms with E-state index in [1.165, 1.54) is 11.3 Å². The summed E-state index contributed by atoms with van der Waals surface area (Å²) >= 11 is 1.43. The zero-order valence-corrected chi connectivity index (χ0v) is 10.4. The molecule has 0 aliphatic carbocycles. The van der Waals surface area contributed by atoms with Crippen molar-refractivity contribution in [3.8, 4) is 6.07 Å². The monoisotopic (exact) mass is 237 g/mol. The second kappa shape index (κ2) is 5.10. The minimum absolute atomic E-state index is 0.139. The Kier molecular flexibility index (Phi) is 4.05. The molecule has 1 aromatic rings. The first kappa shape index (κ1) is 12.7. The number of nitrogens with two attached hydrogens (primary N) is 1. The molecule has 4 nitrogen and oxygen atoms in total. The van der Waals surface area contributed by atoms with E-state index in [-0.39, 0.29) is 11.8 Å². The van der Waals surface area contributed by atoms with E-state index in [0.29, 0.717) is 17.1 Å². The number of hydrogen-bond donors (Lipinski definition) is 2. The van der Waals surface area contributed by atoms with Crippen LogP contribution >= 0.6 is 11.3 Å². The van der Waals surface area contributed by atoms with Crippen LogP contribution in [0.15, 0.2) is 0 Å². The van der Waals surface area contributed by atoms with Crippen LogP contribution in [0.3, 0.4) is 0 Å². The molecule has 1 heterocycles. The SMILES string of the molecule is Cc1sc(NC(=O)C(C)CN)c(C#N)c1C. The molecule has 1 atom stereocenters. The molecule has 0 aliphatic rings. The Balaban J connectivity index is 2.95. The lowest BCUT2D eigenvalue weighted by molar-refractivity contribution is -0.119. The molecule has 0 saturated carbocycles. The number of nitrogens with one attached hydrogen (secondary N) is 1. The molecule has 1 amide bonds. The third-order valence-electron chi connectivity index (χ3n) is 2.53. The van der Waals surface area contributed by atoms with Crippen molar-refractivity contribution < 1.29 is 4.79 Å². The summed E-state index contributed by atoms with van der Waals surface area (Å²) in [6.45, 7) is 5.88. The number of rotatable bonds is 3. The highest BCUT2D eigenvalue weighted by atomic mass is 32.1. The fraction of sp³-hybridized carbons (Fsp3) is 0.455. The first-order valence-corrected chi connectivity index (χ1v) is 5.83. The van der Waals surface area contributed by atoms with Crippen molar-refractivity contribution in [3.05, 3.63) is 16.0 Å². The number of thiophene rings is 1. The van der Waals surface area contributed by atoms with Gasteiger partial charge in [-0.25, -0.2) is 0 Å². The average Bonchev–Trinajstić information content (AvgIpc) is 2.53. The van der Waals surface area contributed by atoms with Gasteiger partial charge in [0.15, 0.2) is 0 Å². The molecular formula is C11H15N3OS. The molecule has 0 aliphatic heterocycles. The van der Waals surface area contributed by atoms with E-state index >= 15 is 0 Å². The van der Waals surface area contributed by atoms with E-state index in [0.717, 1.165) is 10.4 Å². The smallest absolute Gasteiger partial charge is 0.229 e. The fourth-order valence-corrected chi connectivity index (χ4v) is 2.21. The van der Waals surface area contributed by atoms with Crippen molar-refractivity contribution in [1.82, 2.24) is 0 Å². The van der Waals surface area contributed by atoms with Crippen molar-refractivity contribution in [2.24, 2.45) is 11.7 Å². The second-order valence-corrected chi connectivity index (χ2v) is 4.95. The number of amides is 1. The maximum Gasteiger partial charge on any atom is 0.229 e. The predicted molar refractivity (Wildman–Crippen MR) is 65.4 cm³/mol. The van der Waals surface area contributed by atoms with Crippen molar-refractivity contribution in [1.29, 1.82) is 5.26 Å². The van der Waals surface area contributed by atoms with E-state index in [1.807, 2.05) is 13.8 Å². The Hall–Kier alpha value is -1.38. The summed E-state index contributed by atoms with van der Waals surface area (Å²) in [5, 5.41) is 12.4. The molecule has 3 N–H and O–H groups in total. The Morgan fingerprint density at radius 3 is 2.75 bits per heavy atom. The third-order valence-corrected chi connectivity index (χ3v) is 3.66. The van der Waals surface area contributed by atoms with Crippen molar-refractivity contribution in [2.75, 3.05) is 11.9 Å². The summed E-state index contributed by atoms with van der Waals surface area (Å²) in [5.74, 6) is -0.380. The van der Waals surface area contributed by atoms with Crippen LogP contribution in [0, 0.1) is 31.1 Å². The number of anilines is 1. The lowest BCUT2D eigenvalue weighted by Gasteiger charge is -2.08. The Labute approximate surface area is 99.1 Å².